The van der Waals surface area contributed by atoms with Crippen LogP contribution in [-0.2, 0) is 6.54 Å². The molecule has 5 nitrogen and oxygen atoms in total. The van der Waals surface area contributed by atoms with Crippen LogP contribution in [0.1, 0.15) is 5.56 Å². The van der Waals surface area contributed by atoms with E-state index in [0.29, 0.717) is 26.8 Å². The lowest BCUT2D eigenvalue weighted by Gasteiger charge is -2.13. The highest BCUT2D eigenvalue weighted by Crippen LogP contribution is 2.35. The van der Waals surface area contributed by atoms with Gasteiger partial charge in [-0.1, -0.05) is 29.3 Å². The molecule has 26 heavy (non-hydrogen) atoms. The monoisotopic (exact) mass is 404 g/mol. The molecule has 0 fully saturated rings. The molecule has 4 rings (SSSR count). The van der Waals surface area contributed by atoms with E-state index in [4.69, 9.17) is 23.2 Å². The molecule has 0 saturated heterocycles. The zero-order valence-electron chi connectivity index (χ0n) is 14.0. The SMILES string of the molecule is CN(C)c1ccnc2sc3c(=O)n(Cc4ccc(Cl)c(Cl)c4)cnc3c12. The van der Waals surface area contributed by atoms with Crippen LogP contribution in [0.5, 0.6) is 0 Å². The topological polar surface area (TPSA) is 51.0 Å². The third kappa shape index (κ3) is 2.84. The summed E-state index contributed by atoms with van der Waals surface area (Å²) < 4.78 is 2.18. The third-order valence-electron chi connectivity index (χ3n) is 4.14. The largest absolute Gasteiger partial charge is 0.377 e. The van der Waals surface area contributed by atoms with Gasteiger partial charge >= 0.3 is 0 Å². The van der Waals surface area contributed by atoms with Crippen molar-refractivity contribution in [2.75, 3.05) is 19.0 Å². The van der Waals surface area contributed by atoms with Crippen molar-refractivity contribution >= 4 is 60.7 Å². The van der Waals surface area contributed by atoms with Crippen molar-refractivity contribution in [2.45, 2.75) is 6.54 Å². The fourth-order valence-electron chi connectivity index (χ4n) is 2.89. The van der Waals surface area contributed by atoms with E-state index in [9.17, 15) is 4.79 Å². The Kier molecular flexibility index (Phi) is 4.34. The maximum atomic E-state index is 13.0. The molecular weight excluding hydrogens is 391 g/mol. The Bertz CT molecular complexity index is 1200. The number of aromatic nitrogens is 3. The summed E-state index contributed by atoms with van der Waals surface area (Å²) in [6, 6.07) is 7.26. The van der Waals surface area contributed by atoms with Gasteiger partial charge in [0.2, 0.25) is 0 Å². The first kappa shape index (κ1) is 17.3. The Hall–Kier alpha value is -2.15. The van der Waals surface area contributed by atoms with Gasteiger partial charge in [-0.15, -0.1) is 11.3 Å². The van der Waals surface area contributed by atoms with Gasteiger partial charge in [-0.25, -0.2) is 9.97 Å². The van der Waals surface area contributed by atoms with E-state index >= 15 is 0 Å². The Labute approximate surface area is 163 Å². The van der Waals surface area contributed by atoms with Crippen LogP contribution >= 0.6 is 34.5 Å². The highest BCUT2D eigenvalue weighted by molar-refractivity contribution is 7.25. The fourth-order valence-corrected chi connectivity index (χ4v) is 4.28. The summed E-state index contributed by atoms with van der Waals surface area (Å²) >= 11 is 13.4. The quantitative estimate of drug-likeness (QED) is 0.506. The Morgan fingerprint density at radius 3 is 2.69 bits per heavy atom. The number of anilines is 1. The van der Waals surface area contributed by atoms with Crippen LogP contribution < -0.4 is 10.5 Å². The molecule has 0 spiro atoms. The second-order valence-corrected chi connectivity index (χ2v) is 7.92. The number of rotatable bonds is 3. The van der Waals surface area contributed by atoms with Crippen LogP contribution in [0.2, 0.25) is 10.0 Å². The zero-order chi connectivity index (χ0) is 18.4. The van der Waals surface area contributed by atoms with E-state index in [2.05, 4.69) is 9.97 Å². The summed E-state index contributed by atoms with van der Waals surface area (Å²) in [5.41, 5.74) is 2.48. The minimum atomic E-state index is -0.0891. The lowest BCUT2D eigenvalue weighted by Crippen LogP contribution is -2.20. The predicted octanol–water partition coefficient (Wildman–Crippen LogP) is 4.43. The third-order valence-corrected chi connectivity index (χ3v) is 5.96. The molecule has 3 aromatic heterocycles. The van der Waals surface area contributed by atoms with Gasteiger partial charge in [0.1, 0.15) is 9.53 Å². The number of pyridine rings is 1. The molecule has 0 aliphatic rings. The van der Waals surface area contributed by atoms with Crippen LogP contribution in [0, 0.1) is 0 Å². The van der Waals surface area contributed by atoms with Gasteiger partial charge in [-0.2, -0.15) is 0 Å². The van der Waals surface area contributed by atoms with Gasteiger partial charge in [-0.05, 0) is 23.8 Å². The molecule has 132 valence electrons. The minimum absolute atomic E-state index is 0.0891. The van der Waals surface area contributed by atoms with E-state index in [1.54, 1.807) is 29.2 Å². The first-order valence-corrected chi connectivity index (χ1v) is 9.41. The van der Waals surface area contributed by atoms with E-state index in [-0.39, 0.29) is 5.56 Å². The summed E-state index contributed by atoms with van der Waals surface area (Å²) in [7, 11) is 3.92. The van der Waals surface area contributed by atoms with Crippen molar-refractivity contribution in [2.24, 2.45) is 0 Å². The van der Waals surface area contributed by atoms with Crippen molar-refractivity contribution in [3.05, 3.63) is 62.8 Å². The van der Waals surface area contributed by atoms with E-state index < -0.39 is 0 Å². The molecule has 0 aliphatic heterocycles. The van der Waals surface area contributed by atoms with Gasteiger partial charge < -0.3 is 4.90 Å². The van der Waals surface area contributed by atoms with Crippen molar-refractivity contribution < 1.29 is 0 Å². The number of halogens is 2. The van der Waals surface area contributed by atoms with Crippen molar-refractivity contribution in [3.8, 4) is 0 Å². The number of nitrogens with zero attached hydrogens (tertiary/aromatic N) is 4. The second kappa shape index (κ2) is 6.54. The standard InChI is InChI=1S/C18H14Cl2N4OS/c1-23(2)13-5-6-21-17-14(13)15-16(26-17)18(25)24(9-22-15)8-10-3-4-11(19)12(20)7-10/h3-7,9H,8H2,1-2H3. The first-order chi connectivity index (χ1) is 12.5. The lowest BCUT2D eigenvalue weighted by molar-refractivity contribution is 0.750. The van der Waals surface area contributed by atoms with Crippen LogP contribution in [0.3, 0.4) is 0 Å². The predicted molar refractivity (Wildman–Crippen MR) is 109 cm³/mol. The summed E-state index contributed by atoms with van der Waals surface area (Å²) in [6.07, 6.45) is 3.33. The van der Waals surface area contributed by atoms with Crippen molar-refractivity contribution in [3.63, 3.8) is 0 Å². The van der Waals surface area contributed by atoms with E-state index in [0.717, 1.165) is 21.5 Å². The van der Waals surface area contributed by atoms with E-state index in [1.807, 2.05) is 31.1 Å². The zero-order valence-corrected chi connectivity index (χ0v) is 16.4. The molecule has 0 atom stereocenters. The number of hydrogen-bond acceptors (Lipinski definition) is 5. The van der Waals surface area contributed by atoms with Gasteiger partial charge in [0.15, 0.2) is 0 Å². The Balaban J connectivity index is 1.87. The van der Waals surface area contributed by atoms with Crippen LogP contribution in [0.15, 0.2) is 41.6 Å². The van der Waals surface area contributed by atoms with Gasteiger partial charge in [0.25, 0.3) is 5.56 Å². The lowest BCUT2D eigenvalue weighted by atomic mass is 10.2. The van der Waals surface area contributed by atoms with Gasteiger partial charge in [0.05, 0.1) is 39.5 Å². The van der Waals surface area contributed by atoms with E-state index in [1.165, 1.54) is 11.3 Å². The summed E-state index contributed by atoms with van der Waals surface area (Å²) in [6.45, 7) is 0.376. The molecule has 0 radical (unpaired) electrons. The number of hydrogen-bond donors (Lipinski definition) is 0. The Morgan fingerprint density at radius 2 is 1.96 bits per heavy atom. The number of thiophene rings is 1. The maximum Gasteiger partial charge on any atom is 0.271 e. The van der Waals surface area contributed by atoms with Crippen molar-refractivity contribution in [1.29, 1.82) is 0 Å². The van der Waals surface area contributed by atoms with Gasteiger partial charge in [-0.3, -0.25) is 9.36 Å². The molecule has 0 N–H and O–H groups in total. The van der Waals surface area contributed by atoms with Crippen molar-refractivity contribution in [1.82, 2.24) is 14.5 Å². The molecule has 0 aliphatic carbocycles. The van der Waals surface area contributed by atoms with Crippen LogP contribution in [0.4, 0.5) is 5.69 Å². The molecule has 1 aromatic carbocycles. The first-order valence-electron chi connectivity index (χ1n) is 7.83. The number of benzene rings is 1. The Morgan fingerprint density at radius 1 is 1.15 bits per heavy atom. The maximum absolute atomic E-state index is 13.0. The summed E-state index contributed by atoms with van der Waals surface area (Å²) in [4.78, 5) is 24.7. The fraction of sp³-hybridized carbons (Fsp3) is 0.167. The molecule has 3 heterocycles. The molecule has 8 heteroatoms. The average molecular weight is 405 g/mol. The van der Waals surface area contributed by atoms with Crippen LogP contribution in [0.25, 0.3) is 20.4 Å². The molecule has 0 bridgehead atoms. The van der Waals surface area contributed by atoms with Gasteiger partial charge in [0, 0.05) is 20.3 Å². The average Bonchev–Trinajstić information content (AvgIpc) is 3.00. The molecule has 0 saturated carbocycles. The molecule has 0 unspecified atom stereocenters. The second-order valence-electron chi connectivity index (χ2n) is 6.11. The van der Waals surface area contributed by atoms with Crippen LogP contribution in [-0.4, -0.2) is 28.6 Å². The number of fused-ring (bicyclic) bond motifs is 3. The molecule has 4 aromatic rings. The minimum Gasteiger partial charge on any atom is -0.377 e. The highest BCUT2D eigenvalue weighted by atomic mass is 35.5. The summed E-state index contributed by atoms with van der Waals surface area (Å²) in [5, 5.41) is 1.87. The normalized spacial score (nSPS) is 11.4. The smallest absolute Gasteiger partial charge is 0.271 e. The molecular formula is C18H14Cl2N4OS. The highest BCUT2D eigenvalue weighted by Gasteiger charge is 2.16. The summed E-state index contributed by atoms with van der Waals surface area (Å²) in [5.74, 6) is 0. The molecule has 0 amide bonds.